The van der Waals surface area contributed by atoms with E-state index in [1.807, 2.05) is 0 Å². The minimum Gasteiger partial charge on any atom is -0.494 e. The molecule has 29 heavy (non-hydrogen) atoms. The molecule has 0 amide bonds. The van der Waals surface area contributed by atoms with E-state index >= 15 is 0 Å². The minimum atomic E-state index is 0.792. The summed E-state index contributed by atoms with van der Waals surface area (Å²) in [5, 5.41) is 2.51. The lowest BCUT2D eigenvalue weighted by atomic mass is 10.1. The van der Waals surface area contributed by atoms with E-state index in [-0.39, 0.29) is 0 Å². The molecular weight excluding hydrogens is 356 g/mol. The van der Waals surface area contributed by atoms with Crippen LogP contribution in [0.2, 0.25) is 0 Å². The van der Waals surface area contributed by atoms with Crippen molar-refractivity contribution in [2.45, 2.75) is 26.7 Å². The van der Waals surface area contributed by atoms with E-state index < -0.39 is 0 Å². The highest BCUT2D eigenvalue weighted by Crippen LogP contribution is 2.25. The number of benzene rings is 3. The van der Waals surface area contributed by atoms with Crippen molar-refractivity contribution in [1.82, 2.24) is 4.90 Å². The first-order chi connectivity index (χ1) is 14.2. The van der Waals surface area contributed by atoms with Crippen molar-refractivity contribution in [3.63, 3.8) is 0 Å². The van der Waals surface area contributed by atoms with Crippen LogP contribution in [0.4, 0.5) is 5.69 Å². The van der Waals surface area contributed by atoms with Crippen LogP contribution in [-0.4, -0.2) is 44.2 Å². The van der Waals surface area contributed by atoms with Gasteiger partial charge >= 0.3 is 0 Å². The van der Waals surface area contributed by atoms with Crippen molar-refractivity contribution >= 4 is 16.5 Å². The number of hydrogen-bond acceptors (Lipinski definition) is 3. The number of unbranched alkanes of at least 4 members (excludes halogenated alkanes) is 1. The summed E-state index contributed by atoms with van der Waals surface area (Å²) in [4.78, 5) is 5.16. The van der Waals surface area contributed by atoms with Gasteiger partial charge in [0.2, 0.25) is 0 Å². The summed E-state index contributed by atoms with van der Waals surface area (Å²) >= 11 is 0. The maximum absolute atomic E-state index is 5.98. The lowest BCUT2D eigenvalue weighted by Gasteiger charge is -2.37. The number of fused-ring (bicyclic) bond motifs is 1. The highest BCUT2D eigenvalue weighted by molar-refractivity contribution is 5.83. The van der Waals surface area contributed by atoms with Crippen molar-refractivity contribution in [2.75, 3.05) is 44.2 Å². The Morgan fingerprint density at radius 2 is 1.48 bits per heavy atom. The third-order valence-electron chi connectivity index (χ3n) is 5.99. The van der Waals surface area contributed by atoms with Crippen LogP contribution in [0.1, 0.15) is 24.0 Å². The summed E-state index contributed by atoms with van der Waals surface area (Å²) in [7, 11) is 0. The second kappa shape index (κ2) is 9.32. The maximum atomic E-state index is 5.98. The molecule has 1 fully saturated rings. The Labute approximate surface area is 174 Å². The van der Waals surface area contributed by atoms with E-state index in [0.29, 0.717) is 0 Å². The molecular formula is C26H32N2O. The third kappa shape index (κ3) is 4.91. The molecule has 4 rings (SSSR count). The van der Waals surface area contributed by atoms with Gasteiger partial charge in [0.1, 0.15) is 5.75 Å². The van der Waals surface area contributed by atoms with Gasteiger partial charge in [0.25, 0.3) is 0 Å². The van der Waals surface area contributed by atoms with Crippen molar-refractivity contribution in [3.8, 4) is 5.75 Å². The Bertz CT molecular complexity index is 924. The lowest BCUT2D eigenvalue weighted by Crippen LogP contribution is -2.47. The summed E-state index contributed by atoms with van der Waals surface area (Å²) in [5.41, 5.74) is 4.23. The number of anilines is 1. The SMILES string of the molecule is Cc1cccc(C)c1N1CCN(CCCCOc2ccc3ccccc3c2)CC1. The zero-order valence-corrected chi connectivity index (χ0v) is 17.7. The molecule has 0 bridgehead atoms. The fourth-order valence-electron chi connectivity index (χ4n) is 4.38. The number of rotatable bonds is 7. The largest absolute Gasteiger partial charge is 0.494 e. The molecule has 3 aromatic rings. The minimum absolute atomic E-state index is 0.792. The summed E-state index contributed by atoms with van der Waals surface area (Å²) in [6, 6.07) is 21.4. The number of aryl methyl sites for hydroxylation is 2. The molecule has 0 saturated carbocycles. The molecule has 3 nitrogen and oxygen atoms in total. The Morgan fingerprint density at radius 3 is 2.24 bits per heavy atom. The molecule has 0 N–H and O–H groups in total. The smallest absolute Gasteiger partial charge is 0.119 e. The molecule has 0 unspecified atom stereocenters. The van der Waals surface area contributed by atoms with Crippen molar-refractivity contribution < 1.29 is 4.74 Å². The van der Waals surface area contributed by atoms with Crippen LogP contribution in [0.3, 0.4) is 0 Å². The molecule has 0 radical (unpaired) electrons. The van der Waals surface area contributed by atoms with Crippen molar-refractivity contribution in [2.24, 2.45) is 0 Å². The number of nitrogens with zero attached hydrogens (tertiary/aromatic N) is 2. The van der Waals surface area contributed by atoms with E-state index in [0.717, 1.165) is 45.0 Å². The Balaban J connectivity index is 1.17. The summed E-state index contributed by atoms with van der Waals surface area (Å²) < 4.78 is 5.98. The molecule has 1 heterocycles. The number of hydrogen-bond donors (Lipinski definition) is 0. The summed E-state index contributed by atoms with van der Waals surface area (Å²) in [6.45, 7) is 11.0. The third-order valence-corrected chi connectivity index (χ3v) is 5.99. The van der Waals surface area contributed by atoms with Crippen LogP contribution < -0.4 is 9.64 Å². The molecule has 0 aliphatic carbocycles. The summed E-state index contributed by atoms with van der Waals surface area (Å²) in [5.74, 6) is 0.978. The fourth-order valence-corrected chi connectivity index (χ4v) is 4.38. The standard InChI is InChI=1S/C26H32N2O/c1-21-8-7-9-22(2)26(21)28-17-15-27(16-18-28)14-5-6-19-29-25-13-12-23-10-3-4-11-24(23)20-25/h3-4,7-13,20H,5-6,14-19H2,1-2H3. The van der Waals surface area contributed by atoms with Crippen LogP contribution in [-0.2, 0) is 0 Å². The predicted octanol–water partition coefficient (Wildman–Crippen LogP) is 5.44. The first-order valence-corrected chi connectivity index (χ1v) is 10.9. The van der Waals surface area contributed by atoms with Gasteiger partial charge in [-0.2, -0.15) is 0 Å². The maximum Gasteiger partial charge on any atom is 0.119 e. The Kier molecular flexibility index (Phi) is 6.36. The number of piperazine rings is 1. The average Bonchev–Trinajstić information content (AvgIpc) is 2.74. The van der Waals surface area contributed by atoms with Crippen LogP contribution in [0, 0.1) is 13.8 Å². The average molecular weight is 389 g/mol. The highest BCUT2D eigenvalue weighted by atomic mass is 16.5. The van der Waals surface area contributed by atoms with Crippen LogP contribution >= 0.6 is 0 Å². The van der Waals surface area contributed by atoms with E-state index in [1.54, 1.807) is 0 Å². The van der Waals surface area contributed by atoms with Crippen molar-refractivity contribution in [3.05, 3.63) is 71.8 Å². The fraction of sp³-hybridized carbons (Fsp3) is 0.385. The first-order valence-electron chi connectivity index (χ1n) is 10.9. The zero-order valence-electron chi connectivity index (χ0n) is 17.7. The number of ether oxygens (including phenoxy) is 1. The van der Waals surface area contributed by atoms with E-state index in [4.69, 9.17) is 4.74 Å². The van der Waals surface area contributed by atoms with Gasteiger partial charge in [0.15, 0.2) is 0 Å². The Morgan fingerprint density at radius 1 is 0.759 bits per heavy atom. The van der Waals surface area contributed by atoms with Crippen LogP contribution in [0.15, 0.2) is 60.7 Å². The van der Waals surface area contributed by atoms with Crippen LogP contribution in [0.5, 0.6) is 5.75 Å². The topological polar surface area (TPSA) is 15.7 Å². The Hall–Kier alpha value is -2.52. The van der Waals surface area contributed by atoms with E-state index in [1.165, 1.54) is 40.6 Å². The molecule has 0 atom stereocenters. The van der Waals surface area contributed by atoms with Gasteiger partial charge in [-0.3, -0.25) is 4.90 Å². The molecule has 3 aromatic carbocycles. The molecule has 0 aromatic heterocycles. The first kappa shape index (κ1) is 19.8. The second-order valence-electron chi connectivity index (χ2n) is 8.13. The molecule has 152 valence electrons. The van der Waals surface area contributed by atoms with Gasteiger partial charge in [-0.05, 0) is 67.3 Å². The van der Waals surface area contributed by atoms with Gasteiger partial charge in [-0.15, -0.1) is 0 Å². The molecule has 3 heteroatoms. The normalized spacial score (nSPS) is 15.0. The van der Waals surface area contributed by atoms with Crippen LogP contribution in [0.25, 0.3) is 10.8 Å². The van der Waals surface area contributed by atoms with Gasteiger partial charge in [0.05, 0.1) is 6.61 Å². The van der Waals surface area contributed by atoms with Gasteiger partial charge in [-0.1, -0.05) is 48.5 Å². The highest BCUT2D eigenvalue weighted by Gasteiger charge is 2.19. The predicted molar refractivity (Wildman–Crippen MR) is 123 cm³/mol. The van der Waals surface area contributed by atoms with E-state index in [9.17, 15) is 0 Å². The van der Waals surface area contributed by atoms with E-state index in [2.05, 4.69) is 84.3 Å². The lowest BCUT2D eigenvalue weighted by molar-refractivity contribution is 0.238. The zero-order chi connectivity index (χ0) is 20.1. The van der Waals surface area contributed by atoms with Gasteiger partial charge in [0, 0.05) is 31.9 Å². The number of para-hydroxylation sites is 1. The molecule has 1 saturated heterocycles. The summed E-state index contributed by atoms with van der Waals surface area (Å²) in [6.07, 6.45) is 2.29. The molecule has 1 aliphatic heterocycles. The van der Waals surface area contributed by atoms with Gasteiger partial charge in [-0.25, -0.2) is 0 Å². The van der Waals surface area contributed by atoms with Crippen molar-refractivity contribution in [1.29, 1.82) is 0 Å². The monoisotopic (exact) mass is 388 g/mol. The van der Waals surface area contributed by atoms with Gasteiger partial charge < -0.3 is 9.64 Å². The molecule has 0 spiro atoms. The quantitative estimate of drug-likeness (QED) is 0.501. The molecule has 1 aliphatic rings. The second-order valence-corrected chi connectivity index (χ2v) is 8.13.